The van der Waals surface area contributed by atoms with E-state index < -0.39 is 0 Å². The van der Waals surface area contributed by atoms with Crippen LogP contribution < -0.4 is 10.1 Å². The summed E-state index contributed by atoms with van der Waals surface area (Å²) in [6, 6.07) is 20.6. The van der Waals surface area contributed by atoms with Gasteiger partial charge in [-0.1, -0.05) is 28.1 Å². The van der Waals surface area contributed by atoms with E-state index in [0.29, 0.717) is 22.7 Å². The summed E-state index contributed by atoms with van der Waals surface area (Å²) in [4.78, 5) is 16.8. The van der Waals surface area contributed by atoms with Gasteiger partial charge in [0.2, 0.25) is 11.8 Å². The number of oxazole rings is 1. The quantitative estimate of drug-likeness (QED) is 0.385. The van der Waals surface area contributed by atoms with Gasteiger partial charge in [0.25, 0.3) is 0 Å². The van der Waals surface area contributed by atoms with Crippen molar-refractivity contribution in [3.63, 3.8) is 0 Å². The van der Waals surface area contributed by atoms with Gasteiger partial charge in [-0.3, -0.25) is 4.79 Å². The lowest BCUT2D eigenvalue weighted by Crippen LogP contribution is -2.07. The molecule has 0 bridgehead atoms. The minimum absolute atomic E-state index is 0.225. The van der Waals surface area contributed by atoms with Gasteiger partial charge in [-0.05, 0) is 66.2 Å². The number of aromatic nitrogens is 1. The summed E-state index contributed by atoms with van der Waals surface area (Å²) in [6.07, 6.45) is 3.23. The molecule has 0 saturated heterocycles. The van der Waals surface area contributed by atoms with Gasteiger partial charge in [0.1, 0.15) is 11.3 Å². The molecule has 6 heteroatoms. The number of carbonyl (C=O) groups excluding carboxylic acids is 1. The third-order valence-electron chi connectivity index (χ3n) is 4.29. The zero-order valence-electron chi connectivity index (χ0n) is 15.6. The Morgan fingerprint density at radius 3 is 2.55 bits per heavy atom. The maximum atomic E-state index is 12.2. The number of rotatable bonds is 5. The van der Waals surface area contributed by atoms with Crippen LogP contribution >= 0.6 is 15.9 Å². The van der Waals surface area contributed by atoms with Crippen molar-refractivity contribution in [1.29, 1.82) is 0 Å². The van der Waals surface area contributed by atoms with Gasteiger partial charge in [-0.2, -0.15) is 0 Å². The first kappa shape index (κ1) is 19.0. The summed E-state index contributed by atoms with van der Waals surface area (Å²) >= 11 is 3.42. The highest BCUT2D eigenvalue weighted by atomic mass is 79.9. The molecule has 4 rings (SSSR count). The number of anilines is 1. The van der Waals surface area contributed by atoms with Crippen molar-refractivity contribution in [2.45, 2.75) is 0 Å². The second kappa shape index (κ2) is 8.32. The Bertz CT molecular complexity index is 1180. The Morgan fingerprint density at radius 2 is 1.83 bits per heavy atom. The van der Waals surface area contributed by atoms with Gasteiger partial charge in [0, 0.05) is 21.8 Å². The SMILES string of the molecule is COc1ccc(C=CC(=O)Nc2ccc3oc(-c4ccc(Br)cc4)nc3c2)cc1. The molecule has 144 valence electrons. The molecular formula is C23H17BrN2O3. The van der Waals surface area contributed by atoms with Gasteiger partial charge in [-0.15, -0.1) is 0 Å². The zero-order valence-corrected chi connectivity index (χ0v) is 17.1. The molecule has 29 heavy (non-hydrogen) atoms. The lowest BCUT2D eigenvalue weighted by Gasteiger charge is -2.02. The molecule has 1 amide bonds. The number of methoxy groups -OCH3 is 1. The summed E-state index contributed by atoms with van der Waals surface area (Å²) in [7, 11) is 1.62. The van der Waals surface area contributed by atoms with Gasteiger partial charge >= 0.3 is 0 Å². The average molecular weight is 449 g/mol. The molecule has 1 heterocycles. The highest BCUT2D eigenvalue weighted by Gasteiger charge is 2.09. The maximum absolute atomic E-state index is 12.2. The highest BCUT2D eigenvalue weighted by molar-refractivity contribution is 9.10. The van der Waals surface area contributed by atoms with Gasteiger partial charge in [0.05, 0.1) is 7.11 Å². The Balaban J connectivity index is 1.48. The number of amides is 1. The number of benzene rings is 3. The largest absolute Gasteiger partial charge is 0.497 e. The first-order valence-corrected chi connectivity index (χ1v) is 9.70. The van der Waals surface area contributed by atoms with Crippen molar-refractivity contribution in [3.8, 4) is 17.2 Å². The van der Waals surface area contributed by atoms with E-state index in [1.165, 1.54) is 6.08 Å². The van der Waals surface area contributed by atoms with Gasteiger partial charge in [-0.25, -0.2) is 4.98 Å². The van der Waals surface area contributed by atoms with E-state index >= 15 is 0 Å². The zero-order chi connectivity index (χ0) is 20.2. The topological polar surface area (TPSA) is 64.4 Å². The average Bonchev–Trinajstić information content (AvgIpc) is 3.16. The van der Waals surface area contributed by atoms with Crippen LogP contribution in [0.1, 0.15) is 5.56 Å². The molecule has 1 N–H and O–H groups in total. The minimum atomic E-state index is -0.225. The van der Waals surface area contributed by atoms with E-state index in [1.807, 2.05) is 48.5 Å². The fourth-order valence-corrected chi connectivity index (χ4v) is 3.06. The number of hydrogen-bond donors (Lipinski definition) is 1. The Labute approximate surface area is 176 Å². The van der Waals surface area contributed by atoms with Crippen molar-refractivity contribution in [2.24, 2.45) is 0 Å². The van der Waals surface area contributed by atoms with Crippen molar-refractivity contribution in [3.05, 3.63) is 82.8 Å². The molecular weight excluding hydrogens is 432 g/mol. The Morgan fingerprint density at radius 1 is 1.07 bits per heavy atom. The monoisotopic (exact) mass is 448 g/mol. The van der Waals surface area contributed by atoms with Crippen LogP contribution in [0.5, 0.6) is 5.75 Å². The number of nitrogens with one attached hydrogen (secondary N) is 1. The van der Waals surface area contributed by atoms with E-state index in [9.17, 15) is 4.79 Å². The van der Waals surface area contributed by atoms with Crippen LogP contribution in [0, 0.1) is 0 Å². The maximum Gasteiger partial charge on any atom is 0.248 e. The van der Waals surface area contributed by atoms with Crippen LogP contribution in [-0.2, 0) is 4.79 Å². The molecule has 0 aliphatic rings. The van der Waals surface area contributed by atoms with Crippen LogP contribution in [0.3, 0.4) is 0 Å². The number of ether oxygens (including phenoxy) is 1. The summed E-state index contributed by atoms with van der Waals surface area (Å²) < 4.78 is 11.9. The molecule has 0 radical (unpaired) electrons. The molecule has 0 aliphatic carbocycles. The lowest BCUT2D eigenvalue weighted by atomic mass is 10.2. The molecule has 0 spiro atoms. The molecule has 3 aromatic carbocycles. The first-order chi connectivity index (χ1) is 14.1. The van der Waals surface area contributed by atoms with Crippen LogP contribution in [-0.4, -0.2) is 18.0 Å². The van der Waals surface area contributed by atoms with Crippen molar-refractivity contribution in [2.75, 3.05) is 12.4 Å². The van der Waals surface area contributed by atoms with E-state index in [4.69, 9.17) is 9.15 Å². The van der Waals surface area contributed by atoms with Crippen molar-refractivity contribution in [1.82, 2.24) is 4.98 Å². The van der Waals surface area contributed by atoms with E-state index in [0.717, 1.165) is 21.3 Å². The number of hydrogen-bond acceptors (Lipinski definition) is 4. The molecule has 1 aromatic heterocycles. The standard InChI is InChI=1S/C23H17BrN2O3/c1-28-19-10-2-15(3-11-19)4-13-22(27)25-18-9-12-21-20(14-18)26-23(29-21)16-5-7-17(24)8-6-16/h2-14H,1H3,(H,25,27). The number of fused-ring (bicyclic) bond motifs is 1. The molecule has 0 fully saturated rings. The molecule has 0 aliphatic heterocycles. The number of halogens is 1. The summed E-state index contributed by atoms with van der Waals surface area (Å²) in [6.45, 7) is 0. The third-order valence-corrected chi connectivity index (χ3v) is 4.82. The number of nitrogens with zero attached hydrogens (tertiary/aromatic N) is 1. The minimum Gasteiger partial charge on any atom is -0.497 e. The molecule has 0 saturated carbocycles. The van der Waals surface area contributed by atoms with E-state index in [2.05, 4.69) is 26.2 Å². The predicted molar refractivity (Wildman–Crippen MR) is 118 cm³/mol. The normalized spacial score (nSPS) is 11.1. The Kier molecular flexibility index (Phi) is 5.44. The second-order valence-corrected chi connectivity index (χ2v) is 7.22. The van der Waals surface area contributed by atoms with Gasteiger partial charge < -0.3 is 14.5 Å². The summed E-state index contributed by atoms with van der Waals surface area (Å²) in [5, 5.41) is 2.85. The predicted octanol–water partition coefficient (Wildman–Crippen LogP) is 5.92. The summed E-state index contributed by atoms with van der Waals surface area (Å²) in [5.74, 6) is 1.09. The molecule has 0 unspecified atom stereocenters. The van der Waals surface area contributed by atoms with Crippen LogP contribution in [0.2, 0.25) is 0 Å². The van der Waals surface area contributed by atoms with E-state index in [1.54, 1.807) is 31.4 Å². The van der Waals surface area contributed by atoms with E-state index in [-0.39, 0.29) is 5.91 Å². The molecule has 4 aromatic rings. The second-order valence-electron chi connectivity index (χ2n) is 6.30. The number of carbonyl (C=O) groups is 1. The fraction of sp³-hybridized carbons (Fsp3) is 0.0435. The smallest absolute Gasteiger partial charge is 0.248 e. The molecule has 0 atom stereocenters. The third kappa shape index (κ3) is 4.55. The van der Waals surface area contributed by atoms with Crippen LogP contribution in [0.25, 0.3) is 28.6 Å². The lowest BCUT2D eigenvalue weighted by molar-refractivity contribution is -0.111. The van der Waals surface area contributed by atoms with Gasteiger partial charge in [0.15, 0.2) is 5.58 Å². The van der Waals surface area contributed by atoms with Crippen molar-refractivity contribution >= 4 is 44.7 Å². The Hall–Kier alpha value is -3.38. The fourth-order valence-electron chi connectivity index (χ4n) is 2.79. The summed E-state index contributed by atoms with van der Waals surface area (Å²) in [5.41, 5.74) is 3.79. The van der Waals surface area contributed by atoms with Crippen molar-refractivity contribution < 1.29 is 13.9 Å². The molecule has 5 nitrogen and oxygen atoms in total. The first-order valence-electron chi connectivity index (χ1n) is 8.90. The highest BCUT2D eigenvalue weighted by Crippen LogP contribution is 2.27. The van der Waals surface area contributed by atoms with Crippen LogP contribution in [0.15, 0.2) is 81.7 Å². The van der Waals surface area contributed by atoms with Crippen LogP contribution in [0.4, 0.5) is 5.69 Å².